The topological polar surface area (TPSA) is 46.9 Å². The molecule has 0 amide bonds. The second kappa shape index (κ2) is 4.37. The molecule has 3 heterocycles. The third kappa shape index (κ3) is 1.80. The summed E-state index contributed by atoms with van der Waals surface area (Å²) in [6.07, 6.45) is -0.173. The molecule has 0 saturated carbocycles. The number of likely N-dealkylation sites (N-methyl/N-ethyl adjacent to an activating group) is 1. The van der Waals surface area contributed by atoms with Crippen LogP contribution in [0.2, 0.25) is 0 Å². The highest BCUT2D eigenvalue weighted by Crippen LogP contribution is 2.34. The molecule has 15 heavy (non-hydrogen) atoms. The summed E-state index contributed by atoms with van der Waals surface area (Å²) in [7, 11) is 0. The summed E-state index contributed by atoms with van der Waals surface area (Å²) in [4.78, 5) is 4.40. The Hall–Kier alpha value is -0.160. The summed E-state index contributed by atoms with van der Waals surface area (Å²) in [5.41, 5.74) is 0. The van der Waals surface area contributed by atoms with Crippen molar-refractivity contribution in [3.8, 4) is 0 Å². The van der Waals surface area contributed by atoms with Gasteiger partial charge in [-0.1, -0.05) is 13.8 Å². The number of hydrogen-bond acceptors (Lipinski definition) is 4. The molecule has 0 aromatic rings. The molecule has 3 aliphatic heterocycles. The van der Waals surface area contributed by atoms with Crippen LogP contribution < -0.4 is 0 Å². The Balaban J connectivity index is 2.10. The van der Waals surface area contributed by atoms with E-state index < -0.39 is 12.3 Å². The minimum Gasteiger partial charge on any atom is -0.389 e. The van der Waals surface area contributed by atoms with Crippen LogP contribution in [0.25, 0.3) is 0 Å². The number of aliphatic hydroxyl groups excluding tert-OH is 2. The SMILES string of the molecule is CCN(CC)C1CN2CCC1C(O)C2O. The Kier molecular flexibility index (Phi) is 3.30. The molecular weight excluding hydrogens is 192 g/mol. The van der Waals surface area contributed by atoms with E-state index in [-0.39, 0.29) is 5.92 Å². The molecule has 0 aromatic carbocycles. The van der Waals surface area contributed by atoms with Crippen LogP contribution in [0.5, 0.6) is 0 Å². The maximum absolute atomic E-state index is 9.96. The van der Waals surface area contributed by atoms with Gasteiger partial charge in [0, 0.05) is 25.0 Å². The Bertz CT molecular complexity index is 219. The van der Waals surface area contributed by atoms with Gasteiger partial charge in [-0.05, 0) is 19.5 Å². The molecule has 3 saturated heterocycles. The number of nitrogens with zero attached hydrogens (tertiary/aromatic N) is 2. The van der Waals surface area contributed by atoms with Gasteiger partial charge >= 0.3 is 0 Å². The fourth-order valence-corrected chi connectivity index (χ4v) is 3.13. The average molecular weight is 214 g/mol. The van der Waals surface area contributed by atoms with Crippen molar-refractivity contribution in [2.45, 2.75) is 38.6 Å². The molecule has 3 aliphatic rings. The standard InChI is InChI=1S/C11H22N2O2/c1-3-12(4-2)9-7-13-6-5-8(9)10(14)11(13)15/h8-11,14-15H,3-7H2,1-2H3. The smallest absolute Gasteiger partial charge is 0.133 e. The monoisotopic (exact) mass is 214 g/mol. The molecule has 3 rings (SSSR count). The molecule has 2 bridgehead atoms. The first-order valence-electron chi connectivity index (χ1n) is 6.03. The van der Waals surface area contributed by atoms with E-state index in [1.54, 1.807) is 0 Å². The highest BCUT2D eigenvalue weighted by atomic mass is 16.3. The molecule has 0 radical (unpaired) electrons. The number of fused-ring (bicyclic) bond motifs is 3. The Labute approximate surface area is 91.5 Å². The number of rotatable bonds is 3. The van der Waals surface area contributed by atoms with Gasteiger partial charge in [-0.25, -0.2) is 0 Å². The fraction of sp³-hybridized carbons (Fsp3) is 1.00. The zero-order valence-electron chi connectivity index (χ0n) is 9.63. The van der Waals surface area contributed by atoms with E-state index in [1.165, 1.54) is 0 Å². The van der Waals surface area contributed by atoms with Gasteiger partial charge in [0.25, 0.3) is 0 Å². The van der Waals surface area contributed by atoms with Crippen LogP contribution in [0.4, 0.5) is 0 Å². The highest BCUT2D eigenvalue weighted by molar-refractivity contribution is 4.98. The predicted octanol–water partition coefficient (Wildman–Crippen LogP) is -0.288. The van der Waals surface area contributed by atoms with Crippen LogP contribution in [-0.4, -0.2) is 64.6 Å². The number of hydrogen-bond donors (Lipinski definition) is 2. The van der Waals surface area contributed by atoms with Gasteiger partial charge in [0.2, 0.25) is 0 Å². The molecule has 0 spiro atoms. The van der Waals surface area contributed by atoms with Crippen LogP contribution in [-0.2, 0) is 0 Å². The summed E-state index contributed by atoms with van der Waals surface area (Å²) < 4.78 is 0. The van der Waals surface area contributed by atoms with Crippen LogP contribution in [0.15, 0.2) is 0 Å². The molecule has 88 valence electrons. The van der Waals surface area contributed by atoms with Crippen molar-refractivity contribution in [3.63, 3.8) is 0 Å². The van der Waals surface area contributed by atoms with Gasteiger partial charge in [0.1, 0.15) is 6.23 Å². The van der Waals surface area contributed by atoms with E-state index in [4.69, 9.17) is 0 Å². The third-order valence-electron chi connectivity index (χ3n) is 4.07. The van der Waals surface area contributed by atoms with E-state index in [9.17, 15) is 10.2 Å². The van der Waals surface area contributed by atoms with Crippen LogP contribution >= 0.6 is 0 Å². The van der Waals surface area contributed by atoms with Crippen molar-refractivity contribution in [3.05, 3.63) is 0 Å². The average Bonchev–Trinajstić information content (AvgIpc) is 2.27. The summed E-state index contributed by atoms with van der Waals surface area (Å²) in [6.45, 7) is 8.20. The maximum Gasteiger partial charge on any atom is 0.133 e. The van der Waals surface area contributed by atoms with E-state index in [0.29, 0.717) is 6.04 Å². The van der Waals surface area contributed by atoms with Crippen molar-refractivity contribution in [2.75, 3.05) is 26.2 Å². The molecule has 2 N–H and O–H groups in total. The minimum atomic E-state index is -0.629. The largest absolute Gasteiger partial charge is 0.389 e. The van der Waals surface area contributed by atoms with Crippen molar-refractivity contribution in [2.24, 2.45) is 5.92 Å². The maximum atomic E-state index is 9.96. The molecule has 5 atom stereocenters. The van der Waals surface area contributed by atoms with Crippen LogP contribution in [0.1, 0.15) is 20.3 Å². The molecule has 5 unspecified atom stereocenters. The zero-order valence-corrected chi connectivity index (χ0v) is 9.63. The van der Waals surface area contributed by atoms with E-state index in [1.807, 2.05) is 4.90 Å². The second-order valence-corrected chi connectivity index (χ2v) is 4.64. The van der Waals surface area contributed by atoms with E-state index in [2.05, 4.69) is 18.7 Å². The first kappa shape index (κ1) is 11.3. The molecule has 4 heteroatoms. The lowest BCUT2D eigenvalue weighted by molar-refractivity contribution is -0.188. The highest BCUT2D eigenvalue weighted by Gasteiger charge is 2.47. The molecule has 4 nitrogen and oxygen atoms in total. The molecular formula is C11H22N2O2. The lowest BCUT2D eigenvalue weighted by Crippen LogP contribution is -2.67. The van der Waals surface area contributed by atoms with Gasteiger partial charge in [0.05, 0.1) is 6.10 Å². The van der Waals surface area contributed by atoms with Gasteiger partial charge in [-0.3, -0.25) is 9.80 Å². The Morgan fingerprint density at radius 1 is 1.27 bits per heavy atom. The van der Waals surface area contributed by atoms with Crippen molar-refractivity contribution >= 4 is 0 Å². The summed E-state index contributed by atoms with van der Waals surface area (Å²) >= 11 is 0. The van der Waals surface area contributed by atoms with Crippen molar-refractivity contribution in [1.29, 1.82) is 0 Å². The Morgan fingerprint density at radius 3 is 2.47 bits per heavy atom. The van der Waals surface area contributed by atoms with Gasteiger partial charge in [-0.2, -0.15) is 0 Å². The fourth-order valence-electron chi connectivity index (χ4n) is 3.13. The van der Waals surface area contributed by atoms with Crippen molar-refractivity contribution in [1.82, 2.24) is 9.80 Å². The number of aliphatic hydroxyl groups is 2. The van der Waals surface area contributed by atoms with Crippen LogP contribution in [0.3, 0.4) is 0 Å². The quantitative estimate of drug-likeness (QED) is 0.678. The lowest BCUT2D eigenvalue weighted by Gasteiger charge is -2.53. The molecule has 3 fully saturated rings. The molecule has 0 aromatic heterocycles. The summed E-state index contributed by atoms with van der Waals surface area (Å²) in [5, 5.41) is 19.7. The van der Waals surface area contributed by atoms with Crippen molar-refractivity contribution < 1.29 is 10.2 Å². The van der Waals surface area contributed by atoms with Gasteiger partial charge in [-0.15, -0.1) is 0 Å². The normalized spacial score (nSPS) is 45.0. The zero-order chi connectivity index (χ0) is 11.0. The van der Waals surface area contributed by atoms with Gasteiger partial charge in [0.15, 0.2) is 0 Å². The third-order valence-corrected chi connectivity index (χ3v) is 4.07. The second-order valence-electron chi connectivity index (χ2n) is 4.64. The van der Waals surface area contributed by atoms with E-state index >= 15 is 0 Å². The van der Waals surface area contributed by atoms with Gasteiger partial charge < -0.3 is 10.2 Å². The minimum absolute atomic E-state index is 0.255. The van der Waals surface area contributed by atoms with E-state index in [0.717, 1.165) is 32.6 Å². The summed E-state index contributed by atoms with van der Waals surface area (Å²) in [6, 6.07) is 0.423. The van der Waals surface area contributed by atoms with Crippen LogP contribution in [0, 0.1) is 5.92 Å². The Morgan fingerprint density at radius 2 is 1.93 bits per heavy atom. The molecule has 0 aliphatic carbocycles. The first-order chi connectivity index (χ1) is 7.19. The predicted molar refractivity (Wildman–Crippen MR) is 58.4 cm³/mol. The number of piperidine rings is 3. The lowest BCUT2D eigenvalue weighted by atomic mass is 9.80. The first-order valence-corrected chi connectivity index (χ1v) is 6.03. The summed E-state index contributed by atoms with van der Waals surface area (Å²) in [5.74, 6) is 0.255.